The second kappa shape index (κ2) is 4.79. The number of aromatic nitrogens is 4. The first kappa shape index (κ1) is 14.0. The highest BCUT2D eigenvalue weighted by atomic mass is 16.5. The molecule has 3 unspecified atom stereocenters. The molecule has 2 N–H and O–H groups in total. The predicted octanol–water partition coefficient (Wildman–Crippen LogP) is -1.93. The number of aliphatic hydroxyl groups excluding tert-OH is 2. The van der Waals surface area contributed by atoms with Gasteiger partial charge in [-0.3, -0.25) is 18.5 Å². The van der Waals surface area contributed by atoms with Gasteiger partial charge in [-0.25, -0.2) is 9.78 Å². The summed E-state index contributed by atoms with van der Waals surface area (Å²) in [5, 5.41) is 18.9. The first-order valence-corrected chi connectivity index (χ1v) is 6.52. The van der Waals surface area contributed by atoms with Gasteiger partial charge in [0.15, 0.2) is 11.2 Å². The van der Waals surface area contributed by atoms with Crippen molar-refractivity contribution in [1.82, 2.24) is 18.7 Å². The molecule has 0 spiro atoms. The van der Waals surface area contributed by atoms with Gasteiger partial charge in [0.25, 0.3) is 5.56 Å². The molecule has 3 rings (SSSR count). The zero-order chi connectivity index (χ0) is 15.3. The molecule has 1 aliphatic rings. The molecule has 9 nitrogen and oxygen atoms in total. The summed E-state index contributed by atoms with van der Waals surface area (Å²) >= 11 is 0. The van der Waals surface area contributed by atoms with Crippen LogP contribution in [0, 0.1) is 0 Å². The van der Waals surface area contributed by atoms with E-state index in [9.17, 15) is 14.7 Å². The van der Waals surface area contributed by atoms with Crippen LogP contribution in [-0.4, -0.2) is 47.7 Å². The van der Waals surface area contributed by atoms with Crippen molar-refractivity contribution in [3.63, 3.8) is 0 Å². The van der Waals surface area contributed by atoms with Crippen molar-refractivity contribution in [2.24, 2.45) is 14.1 Å². The Morgan fingerprint density at radius 1 is 1.38 bits per heavy atom. The van der Waals surface area contributed by atoms with Crippen LogP contribution in [0.3, 0.4) is 0 Å². The van der Waals surface area contributed by atoms with Crippen LogP contribution in [0.5, 0.6) is 0 Å². The zero-order valence-corrected chi connectivity index (χ0v) is 11.6. The van der Waals surface area contributed by atoms with Gasteiger partial charge in [-0.05, 0) is 0 Å². The van der Waals surface area contributed by atoms with E-state index in [1.807, 2.05) is 0 Å². The molecule has 0 aliphatic carbocycles. The molecule has 1 saturated heterocycles. The fourth-order valence-electron chi connectivity index (χ4n) is 2.63. The van der Waals surface area contributed by atoms with Crippen LogP contribution in [-0.2, 0) is 18.8 Å². The van der Waals surface area contributed by atoms with Gasteiger partial charge in [0.1, 0.15) is 12.3 Å². The zero-order valence-electron chi connectivity index (χ0n) is 11.6. The third-order valence-corrected chi connectivity index (χ3v) is 3.87. The summed E-state index contributed by atoms with van der Waals surface area (Å²) in [5.74, 6) is 0. The van der Waals surface area contributed by atoms with E-state index in [2.05, 4.69) is 4.98 Å². The van der Waals surface area contributed by atoms with Crippen molar-refractivity contribution in [1.29, 1.82) is 0 Å². The van der Waals surface area contributed by atoms with E-state index in [1.54, 1.807) is 0 Å². The van der Waals surface area contributed by atoms with E-state index in [4.69, 9.17) is 9.84 Å². The standard InChI is InChI=1S/C12H16N4O5/c1-14-10-9(11(19)15(2)12(14)20)16(5-13-10)8-3-6(18)7(4-17)21-8/h5-8,17-18H,3-4H2,1-2H3. The molecule has 0 saturated carbocycles. The number of hydrogen-bond acceptors (Lipinski definition) is 6. The summed E-state index contributed by atoms with van der Waals surface area (Å²) in [4.78, 5) is 28.2. The van der Waals surface area contributed by atoms with E-state index >= 15 is 0 Å². The Labute approximate surface area is 118 Å². The number of aliphatic hydroxyl groups is 2. The van der Waals surface area contributed by atoms with E-state index in [0.29, 0.717) is 0 Å². The fraction of sp³-hybridized carbons (Fsp3) is 0.583. The monoisotopic (exact) mass is 296 g/mol. The van der Waals surface area contributed by atoms with Crippen molar-refractivity contribution >= 4 is 11.2 Å². The first-order valence-electron chi connectivity index (χ1n) is 6.52. The Morgan fingerprint density at radius 3 is 2.71 bits per heavy atom. The maximum atomic E-state index is 12.3. The molecule has 1 aliphatic heterocycles. The lowest BCUT2D eigenvalue weighted by atomic mass is 10.2. The highest BCUT2D eigenvalue weighted by Crippen LogP contribution is 2.29. The number of imidazole rings is 1. The average Bonchev–Trinajstić information content (AvgIpc) is 3.06. The number of fused-ring (bicyclic) bond motifs is 1. The van der Waals surface area contributed by atoms with Gasteiger partial charge < -0.3 is 14.9 Å². The topological polar surface area (TPSA) is 112 Å². The number of ether oxygens (including phenoxy) is 1. The van der Waals surface area contributed by atoms with Crippen LogP contribution < -0.4 is 11.2 Å². The molecule has 21 heavy (non-hydrogen) atoms. The van der Waals surface area contributed by atoms with Gasteiger partial charge >= 0.3 is 5.69 Å². The van der Waals surface area contributed by atoms with Crippen LogP contribution in [0.4, 0.5) is 0 Å². The Morgan fingerprint density at radius 2 is 2.10 bits per heavy atom. The molecular formula is C12H16N4O5. The molecule has 0 bridgehead atoms. The van der Waals surface area contributed by atoms with Gasteiger partial charge in [-0.2, -0.15) is 0 Å². The van der Waals surface area contributed by atoms with Gasteiger partial charge in [-0.15, -0.1) is 0 Å². The minimum Gasteiger partial charge on any atom is -0.394 e. The minimum atomic E-state index is -0.811. The van der Waals surface area contributed by atoms with E-state index in [1.165, 1.54) is 29.6 Å². The Bertz CT molecular complexity index is 804. The Balaban J connectivity index is 2.18. The highest BCUT2D eigenvalue weighted by molar-refractivity contribution is 5.70. The minimum absolute atomic E-state index is 0.232. The lowest BCUT2D eigenvalue weighted by Crippen LogP contribution is -2.37. The summed E-state index contributed by atoms with van der Waals surface area (Å²) in [5.41, 5.74) is -0.446. The summed E-state index contributed by atoms with van der Waals surface area (Å²) in [6.45, 7) is -0.305. The quantitative estimate of drug-likeness (QED) is 0.668. The molecule has 1 fully saturated rings. The van der Waals surface area contributed by atoms with Crippen LogP contribution in [0.15, 0.2) is 15.9 Å². The van der Waals surface area contributed by atoms with Crippen molar-refractivity contribution in [3.8, 4) is 0 Å². The molecule has 2 aromatic rings. The second-order valence-corrected chi connectivity index (χ2v) is 5.14. The second-order valence-electron chi connectivity index (χ2n) is 5.14. The third kappa shape index (κ3) is 1.93. The molecule has 3 heterocycles. The molecule has 3 atom stereocenters. The smallest absolute Gasteiger partial charge is 0.332 e. The summed E-state index contributed by atoms with van der Waals surface area (Å²) < 4.78 is 9.30. The van der Waals surface area contributed by atoms with Gasteiger partial charge in [0.05, 0.1) is 19.0 Å². The lowest BCUT2D eigenvalue weighted by molar-refractivity contribution is -0.0431. The van der Waals surface area contributed by atoms with E-state index in [0.717, 1.165) is 4.57 Å². The molecular weight excluding hydrogens is 280 g/mol. The first-order chi connectivity index (χ1) is 9.95. The van der Waals surface area contributed by atoms with Crippen molar-refractivity contribution in [3.05, 3.63) is 27.2 Å². The summed E-state index contributed by atoms with van der Waals surface area (Å²) in [6.07, 6.45) is -0.462. The largest absolute Gasteiger partial charge is 0.394 e. The number of aryl methyl sites for hydroxylation is 1. The fourth-order valence-corrected chi connectivity index (χ4v) is 2.63. The molecule has 0 aromatic carbocycles. The lowest BCUT2D eigenvalue weighted by Gasteiger charge is -2.14. The highest BCUT2D eigenvalue weighted by Gasteiger charge is 2.35. The molecule has 114 valence electrons. The predicted molar refractivity (Wildman–Crippen MR) is 71.8 cm³/mol. The third-order valence-electron chi connectivity index (χ3n) is 3.87. The average molecular weight is 296 g/mol. The summed E-state index contributed by atoms with van der Waals surface area (Å²) in [7, 11) is 2.92. The Hall–Kier alpha value is -1.97. The van der Waals surface area contributed by atoms with Crippen LogP contribution in [0.2, 0.25) is 0 Å². The van der Waals surface area contributed by atoms with Crippen molar-refractivity contribution in [2.45, 2.75) is 24.9 Å². The Kier molecular flexibility index (Phi) is 3.19. The van der Waals surface area contributed by atoms with Crippen molar-refractivity contribution in [2.75, 3.05) is 6.61 Å². The number of hydrogen-bond donors (Lipinski definition) is 2. The normalized spacial score (nSPS) is 25.8. The van der Waals surface area contributed by atoms with E-state index in [-0.39, 0.29) is 24.2 Å². The maximum absolute atomic E-state index is 12.3. The van der Waals surface area contributed by atoms with Crippen LogP contribution >= 0.6 is 0 Å². The SMILES string of the molecule is Cn1c(=O)c2c(ncn2C2CC(O)C(CO)O2)n(C)c1=O. The molecule has 9 heteroatoms. The molecule has 0 amide bonds. The number of nitrogens with zero attached hydrogens (tertiary/aromatic N) is 4. The van der Waals surface area contributed by atoms with Crippen LogP contribution in [0.25, 0.3) is 11.2 Å². The van der Waals surface area contributed by atoms with Gasteiger partial charge in [-0.1, -0.05) is 0 Å². The summed E-state index contributed by atoms with van der Waals surface area (Å²) in [6, 6.07) is 0. The van der Waals surface area contributed by atoms with Crippen LogP contribution in [0.1, 0.15) is 12.6 Å². The number of rotatable bonds is 2. The molecule has 0 radical (unpaired) electrons. The maximum Gasteiger partial charge on any atom is 0.332 e. The molecule has 2 aromatic heterocycles. The van der Waals surface area contributed by atoms with Gasteiger partial charge in [0, 0.05) is 20.5 Å². The van der Waals surface area contributed by atoms with E-state index < -0.39 is 29.7 Å². The van der Waals surface area contributed by atoms with Gasteiger partial charge in [0.2, 0.25) is 0 Å². The van der Waals surface area contributed by atoms with Crippen molar-refractivity contribution < 1.29 is 14.9 Å².